The SMILES string of the molecule is CC(C)[Si](C#Cc1c2ccccc2c(C#C[Si](C(C)C)(C(C)C)C(C)C)c2ccccc12)(C(C)C)C(C)C.CC(C)[Si](C#Cc1cc2c3ccc4c(c3c(C#C[Si](C(C)C)(C(C)C)C(C)C)cc2c2ccc3c(c12)CCCC3)CCCC4)(C(C)C)C(C)C.CC(C)[Si](C#Cc1cc2c3ccc4c5c(c(C#C[Si](C(C)C)(C(C)C)C(C)C)cc(c6ccc7c(c1CCC7)c62)c53)CCC4)(C(C)C)C(C)C. The van der Waals surface area contributed by atoms with E-state index in [4.69, 9.17) is 0 Å². The normalized spacial score (nSPS) is 14.5. The third-order valence-electron chi connectivity index (χ3n) is 36.9. The quantitative estimate of drug-likeness (QED) is 0.0348. The molecule has 0 unspecified atom stereocenters. The molecule has 0 saturated heterocycles. The zero-order valence-corrected chi connectivity index (χ0v) is 98.8. The maximum Gasteiger partial charge on any atom is 0.146 e. The summed E-state index contributed by atoms with van der Waals surface area (Å²) in [6.45, 7) is 87.2. The highest BCUT2D eigenvalue weighted by Gasteiger charge is 2.48. The lowest BCUT2D eigenvalue weighted by atomic mass is 9.77. The van der Waals surface area contributed by atoms with Gasteiger partial charge >= 0.3 is 0 Å². The average molecular weight is 1930 g/mol. The van der Waals surface area contributed by atoms with Crippen LogP contribution in [0, 0.1) is 68.8 Å². The number of hydrogen-bond donors (Lipinski definition) is 0. The topological polar surface area (TPSA) is 0 Å². The Morgan fingerprint density at radius 3 is 0.623 bits per heavy atom. The Kier molecular flexibility index (Phi) is 32.2. The molecule has 12 aromatic carbocycles. The molecular formula is C132H174Si6. The maximum atomic E-state index is 4.16. The van der Waals surface area contributed by atoms with E-state index in [9.17, 15) is 0 Å². The van der Waals surface area contributed by atoms with Crippen LogP contribution in [0.5, 0.6) is 0 Å². The van der Waals surface area contributed by atoms with Crippen molar-refractivity contribution in [1.82, 2.24) is 0 Å². The lowest BCUT2D eigenvalue weighted by Crippen LogP contribution is -2.43. The molecule has 4 aliphatic rings. The average Bonchev–Trinajstić information content (AvgIpc) is 0.688. The first-order valence-electron chi connectivity index (χ1n) is 55.2. The molecule has 12 aromatic rings. The Balaban J connectivity index is 0.000000167. The van der Waals surface area contributed by atoms with Crippen LogP contribution in [0.25, 0.3) is 97.0 Å². The lowest BCUT2D eigenvalue weighted by molar-refractivity contribution is 0.690. The van der Waals surface area contributed by atoms with Gasteiger partial charge in [0.25, 0.3) is 0 Å². The van der Waals surface area contributed by atoms with Gasteiger partial charge in [-0.15, -0.1) is 33.3 Å². The highest BCUT2D eigenvalue weighted by atomic mass is 28.3. The molecule has 0 saturated carbocycles. The van der Waals surface area contributed by atoms with Crippen molar-refractivity contribution < 1.29 is 0 Å². The molecule has 0 heterocycles. The molecule has 6 heteroatoms. The van der Waals surface area contributed by atoms with E-state index >= 15 is 0 Å². The molecule has 0 spiro atoms. The summed E-state index contributed by atoms with van der Waals surface area (Å²) in [6, 6.07) is 47.5. The molecule has 16 rings (SSSR count). The molecule has 0 bridgehead atoms. The van der Waals surface area contributed by atoms with Crippen molar-refractivity contribution in [3.8, 4) is 68.8 Å². The summed E-state index contributed by atoms with van der Waals surface area (Å²) in [6.07, 6.45) is 16.8. The number of benzene rings is 12. The molecule has 0 fully saturated rings. The minimum Gasteiger partial charge on any atom is -0.125 e. The van der Waals surface area contributed by atoms with E-state index in [0.717, 1.165) is 38.5 Å². The van der Waals surface area contributed by atoms with Gasteiger partial charge in [-0.25, -0.2) is 0 Å². The van der Waals surface area contributed by atoms with Crippen molar-refractivity contribution >= 4 is 145 Å². The molecule has 0 N–H and O–H groups in total. The minimum atomic E-state index is -1.92. The third kappa shape index (κ3) is 18.3. The molecule has 4 aliphatic carbocycles. The van der Waals surface area contributed by atoms with Gasteiger partial charge in [0, 0.05) is 44.2 Å². The predicted octanol–water partition coefficient (Wildman–Crippen LogP) is 39.0. The molecule has 726 valence electrons. The van der Waals surface area contributed by atoms with Crippen molar-refractivity contribution in [2.45, 2.75) is 439 Å². The molecule has 0 aliphatic heterocycles. The van der Waals surface area contributed by atoms with Gasteiger partial charge in [-0.05, 0) is 345 Å². The first kappa shape index (κ1) is 106. The summed E-state index contributed by atoms with van der Waals surface area (Å²) in [7, 11) is -11.3. The van der Waals surface area contributed by atoms with Crippen LogP contribution >= 0.6 is 0 Å². The Morgan fingerprint density at radius 1 is 0.167 bits per heavy atom. The number of aryl methyl sites for hydroxylation is 8. The first-order valence-corrected chi connectivity index (χ1v) is 68.6. The van der Waals surface area contributed by atoms with E-state index in [1.54, 1.807) is 22.3 Å². The fraction of sp³-hybridized carbons (Fsp3) is 0.515. The first-order chi connectivity index (χ1) is 65.3. The van der Waals surface area contributed by atoms with Crippen molar-refractivity contribution in [1.29, 1.82) is 0 Å². The summed E-state index contributed by atoms with van der Waals surface area (Å²) in [5.41, 5.74) is 55.5. The number of fused-ring (bicyclic) bond motifs is 13. The Hall–Kier alpha value is -8.10. The van der Waals surface area contributed by atoms with E-state index in [-0.39, 0.29) is 0 Å². The van der Waals surface area contributed by atoms with Gasteiger partial charge in [-0.1, -0.05) is 382 Å². The second-order valence-corrected chi connectivity index (χ2v) is 82.5. The van der Waals surface area contributed by atoms with Gasteiger partial charge in [0.1, 0.15) is 48.4 Å². The monoisotopic (exact) mass is 1930 g/mol. The predicted molar refractivity (Wildman–Crippen MR) is 633 cm³/mol. The van der Waals surface area contributed by atoms with Gasteiger partial charge in [0.05, 0.1) is 0 Å². The molecule has 0 radical (unpaired) electrons. The summed E-state index contributed by atoms with van der Waals surface area (Å²) < 4.78 is 0. The van der Waals surface area contributed by atoms with Gasteiger partial charge in [-0.2, -0.15) is 0 Å². The van der Waals surface area contributed by atoms with Crippen molar-refractivity contribution in [3.63, 3.8) is 0 Å². The highest BCUT2D eigenvalue weighted by molar-refractivity contribution is 6.93. The minimum absolute atomic E-state index is 0.610. The third-order valence-corrected chi connectivity index (χ3v) is 74.7. The van der Waals surface area contributed by atoms with E-state index in [0.29, 0.717) is 99.7 Å². The molecule has 0 atom stereocenters. The van der Waals surface area contributed by atoms with E-state index in [1.165, 1.54) is 204 Å². The summed E-state index contributed by atoms with van der Waals surface area (Å²) in [5.74, 6) is 23.7. The Labute approximate surface area is 845 Å². The van der Waals surface area contributed by atoms with Crippen molar-refractivity contribution in [2.75, 3.05) is 0 Å². The van der Waals surface area contributed by atoms with Gasteiger partial charge < -0.3 is 0 Å². The van der Waals surface area contributed by atoms with Crippen LogP contribution in [0.15, 0.2) is 121 Å². The highest BCUT2D eigenvalue weighted by Crippen LogP contribution is 2.53. The lowest BCUT2D eigenvalue weighted by Gasteiger charge is -2.38. The van der Waals surface area contributed by atoms with E-state index in [2.05, 4.69) is 439 Å². The van der Waals surface area contributed by atoms with Gasteiger partial charge in [0.15, 0.2) is 0 Å². The molecule has 0 nitrogen and oxygen atoms in total. The van der Waals surface area contributed by atoms with E-state index < -0.39 is 48.4 Å². The van der Waals surface area contributed by atoms with Gasteiger partial charge in [0.2, 0.25) is 0 Å². The van der Waals surface area contributed by atoms with Crippen LogP contribution in [-0.2, 0) is 51.4 Å². The molecule has 0 aromatic heterocycles. The van der Waals surface area contributed by atoms with Crippen molar-refractivity contribution in [2.24, 2.45) is 0 Å². The zero-order valence-electron chi connectivity index (χ0n) is 92.8. The molecular weight excluding hydrogens is 1750 g/mol. The summed E-state index contributed by atoms with van der Waals surface area (Å²) >= 11 is 0. The van der Waals surface area contributed by atoms with Crippen molar-refractivity contribution in [3.05, 3.63) is 199 Å². The Morgan fingerprint density at radius 2 is 0.370 bits per heavy atom. The molecule has 0 amide bonds. The van der Waals surface area contributed by atoms with Crippen LogP contribution in [0.3, 0.4) is 0 Å². The fourth-order valence-electron chi connectivity index (χ4n) is 30.4. The summed E-state index contributed by atoms with van der Waals surface area (Å²) in [5, 5.41) is 25.0. The zero-order chi connectivity index (χ0) is 100. The maximum absolute atomic E-state index is 4.16. The van der Waals surface area contributed by atoms with Gasteiger partial charge in [-0.3, -0.25) is 0 Å². The standard InChI is InChI=1S/C48H60Si2.C48H64Si2.C36H50Si2/c1-29(2)49(30(3)4,31(5)6)25-23-37-27-43-41-21-20-36-16-14-18-40-38(24-26-50(32(7)8,33(9)10)34(11)12)28-44(48(41)46(36)40)42-22-19-35-15-13-17-39(37)45(35)47(42)43;1-31(2)49(32(3)4,33(5)6)27-25-39-29-45-44-24-22-38-18-14-16-20-42(38)48(44)40(26-28-50(34(7)8,35(9)10)36(11)12)30-46(45)43-23-21-37-17-13-15-19-41(37)47(39)43;1-25(2)37(26(3)4,27(5)6)23-21-35-31-17-13-15-19-33(31)36(34-20-16-14-18-32(34)35)22-24-38(28(7)8,29(9)10)30(11)12/h19-22,27-34H,13-18H2,1-12H3;21-24,29-36H,13-20H2,1-12H3;13-20,25-30H,1-12H3. The largest absolute Gasteiger partial charge is 0.146 e. The summed E-state index contributed by atoms with van der Waals surface area (Å²) in [4.78, 5) is 0. The van der Waals surface area contributed by atoms with Crippen LogP contribution in [-0.4, -0.2) is 48.4 Å². The van der Waals surface area contributed by atoms with Crippen LogP contribution in [0.4, 0.5) is 0 Å². The number of hydrogen-bond acceptors (Lipinski definition) is 0. The second kappa shape index (κ2) is 42.1. The van der Waals surface area contributed by atoms with Crippen LogP contribution in [0.2, 0.25) is 99.7 Å². The number of rotatable bonds is 18. The fourth-order valence-corrected chi connectivity index (χ4v) is 61.6. The van der Waals surface area contributed by atoms with Crippen LogP contribution < -0.4 is 0 Å². The van der Waals surface area contributed by atoms with E-state index in [1.807, 2.05) is 0 Å². The Bertz CT molecular complexity index is 6410. The van der Waals surface area contributed by atoms with Crippen LogP contribution in [0.1, 0.15) is 366 Å². The smallest absolute Gasteiger partial charge is 0.125 e. The second-order valence-electron chi connectivity index (χ2n) is 49.0. The molecule has 138 heavy (non-hydrogen) atoms.